The summed E-state index contributed by atoms with van der Waals surface area (Å²) < 4.78 is 40.5. The highest BCUT2D eigenvalue weighted by Gasteiger charge is 2.37. The lowest BCUT2D eigenvalue weighted by atomic mass is 10.2. The van der Waals surface area contributed by atoms with Crippen molar-refractivity contribution in [1.29, 1.82) is 0 Å². The van der Waals surface area contributed by atoms with Gasteiger partial charge in [0, 0.05) is 44.5 Å². The van der Waals surface area contributed by atoms with Crippen molar-refractivity contribution < 1.29 is 13.2 Å². The number of aromatic nitrogens is 2. The molecule has 2 fully saturated rings. The van der Waals surface area contributed by atoms with Crippen LogP contribution in [-0.2, 0) is 19.8 Å². The van der Waals surface area contributed by atoms with Gasteiger partial charge in [-0.3, -0.25) is 9.58 Å². The Balaban J connectivity index is 1.70. The third kappa shape index (κ3) is 4.31. The van der Waals surface area contributed by atoms with E-state index < -0.39 is 11.9 Å². The highest BCUT2D eigenvalue weighted by Crippen LogP contribution is 2.31. The molecule has 1 aromatic heterocycles. The first-order valence-corrected chi connectivity index (χ1v) is 9.25. The minimum Gasteiger partial charge on any atom is -0.357 e. The second-order valence-corrected chi connectivity index (χ2v) is 6.98. The molecule has 6 nitrogen and oxygen atoms in total. The number of aryl methyl sites for hydroxylation is 1. The van der Waals surface area contributed by atoms with Gasteiger partial charge in [0.1, 0.15) is 0 Å². The van der Waals surface area contributed by atoms with Crippen molar-refractivity contribution in [3.8, 4) is 0 Å². The van der Waals surface area contributed by atoms with E-state index in [2.05, 4.69) is 25.2 Å². The van der Waals surface area contributed by atoms with Crippen LogP contribution in [0.5, 0.6) is 0 Å². The summed E-state index contributed by atoms with van der Waals surface area (Å²) in [5, 5.41) is 6.77. The SMILES string of the molecule is CCNC(=NCc1cn(C)nc1C(F)(F)F)N1CCC(N2CCCC2)C1. The van der Waals surface area contributed by atoms with Gasteiger partial charge in [0.2, 0.25) is 0 Å². The first kappa shape index (κ1) is 19.0. The number of guanidine groups is 1. The molecule has 1 N–H and O–H groups in total. The minimum absolute atomic E-state index is 0.0318. The molecule has 2 aliphatic heterocycles. The van der Waals surface area contributed by atoms with E-state index in [4.69, 9.17) is 0 Å². The first-order valence-electron chi connectivity index (χ1n) is 9.25. The molecular weight excluding hydrogens is 345 g/mol. The van der Waals surface area contributed by atoms with Crippen LogP contribution in [0.2, 0.25) is 0 Å². The lowest BCUT2D eigenvalue weighted by molar-refractivity contribution is -0.142. The van der Waals surface area contributed by atoms with Gasteiger partial charge in [-0.2, -0.15) is 18.3 Å². The number of nitrogens with zero attached hydrogens (tertiary/aromatic N) is 5. The maximum absolute atomic E-state index is 13.1. The summed E-state index contributed by atoms with van der Waals surface area (Å²) in [5.41, 5.74) is -0.748. The molecule has 0 amide bonds. The number of alkyl halides is 3. The lowest BCUT2D eigenvalue weighted by Crippen LogP contribution is -2.42. The van der Waals surface area contributed by atoms with Gasteiger partial charge in [-0.1, -0.05) is 0 Å². The quantitative estimate of drug-likeness (QED) is 0.649. The van der Waals surface area contributed by atoms with E-state index in [0.717, 1.165) is 32.6 Å². The molecule has 1 aromatic rings. The Morgan fingerprint density at radius 2 is 2.04 bits per heavy atom. The van der Waals surface area contributed by atoms with Crippen LogP contribution in [0.15, 0.2) is 11.2 Å². The average molecular weight is 372 g/mol. The van der Waals surface area contributed by atoms with Crippen molar-refractivity contribution in [2.45, 2.75) is 44.9 Å². The van der Waals surface area contributed by atoms with Crippen molar-refractivity contribution in [3.63, 3.8) is 0 Å². The third-order valence-electron chi connectivity index (χ3n) is 5.03. The smallest absolute Gasteiger partial charge is 0.357 e. The van der Waals surface area contributed by atoms with Crippen molar-refractivity contribution in [2.75, 3.05) is 32.7 Å². The number of hydrogen-bond donors (Lipinski definition) is 1. The second-order valence-electron chi connectivity index (χ2n) is 6.98. The normalized spacial score (nSPS) is 22.4. The lowest BCUT2D eigenvalue weighted by Gasteiger charge is -2.25. The molecule has 2 saturated heterocycles. The molecule has 0 aliphatic carbocycles. The van der Waals surface area contributed by atoms with E-state index in [9.17, 15) is 13.2 Å². The van der Waals surface area contributed by atoms with E-state index in [1.807, 2.05) is 6.92 Å². The van der Waals surface area contributed by atoms with E-state index >= 15 is 0 Å². The van der Waals surface area contributed by atoms with Crippen molar-refractivity contribution in [3.05, 3.63) is 17.5 Å². The molecule has 26 heavy (non-hydrogen) atoms. The molecule has 3 heterocycles. The summed E-state index contributed by atoms with van der Waals surface area (Å²) in [7, 11) is 1.49. The van der Waals surface area contributed by atoms with Crippen LogP contribution in [0.25, 0.3) is 0 Å². The number of nitrogens with one attached hydrogen (secondary N) is 1. The summed E-state index contributed by atoms with van der Waals surface area (Å²) in [6, 6.07) is 0.519. The van der Waals surface area contributed by atoms with Crippen molar-refractivity contribution in [1.82, 2.24) is 24.9 Å². The number of rotatable bonds is 4. The summed E-state index contributed by atoms with van der Waals surface area (Å²) >= 11 is 0. The predicted octanol–water partition coefficient (Wildman–Crippen LogP) is 2.07. The molecule has 0 saturated carbocycles. The molecule has 1 atom stereocenters. The number of halogens is 3. The van der Waals surface area contributed by atoms with Crippen LogP contribution in [-0.4, -0.2) is 64.3 Å². The van der Waals surface area contributed by atoms with Crippen LogP contribution < -0.4 is 5.32 Å². The zero-order valence-electron chi connectivity index (χ0n) is 15.4. The molecule has 9 heteroatoms. The molecule has 1 unspecified atom stereocenters. The van der Waals surface area contributed by atoms with E-state index in [0.29, 0.717) is 18.5 Å². The largest absolute Gasteiger partial charge is 0.435 e. The molecule has 0 bridgehead atoms. The number of likely N-dealkylation sites (tertiary alicyclic amines) is 2. The van der Waals surface area contributed by atoms with Gasteiger partial charge in [-0.05, 0) is 39.3 Å². The zero-order chi connectivity index (χ0) is 18.7. The van der Waals surface area contributed by atoms with Gasteiger partial charge in [0.05, 0.1) is 6.54 Å². The Labute approximate surface area is 152 Å². The molecule has 2 aliphatic rings. The number of hydrogen-bond acceptors (Lipinski definition) is 3. The molecule has 0 spiro atoms. The van der Waals surface area contributed by atoms with E-state index in [1.54, 1.807) is 0 Å². The van der Waals surface area contributed by atoms with Gasteiger partial charge in [-0.15, -0.1) is 0 Å². The molecule has 3 rings (SSSR count). The van der Waals surface area contributed by atoms with Crippen LogP contribution in [0.4, 0.5) is 13.2 Å². The van der Waals surface area contributed by atoms with Crippen molar-refractivity contribution >= 4 is 5.96 Å². The highest BCUT2D eigenvalue weighted by molar-refractivity contribution is 5.80. The van der Waals surface area contributed by atoms with Crippen LogP contribution in [0.3, 0.4) is 0 Å². The second kappa shape index (κ2) is 7.85. The Bertz CT molecular complexity index is 633. The van der Waals surface area contributed by atoms with Gasteiger partial charge in [0.15, 0.2) is 11.7 Å². The van der Waals surface area contributed by atoms with Crippen LogP contribution in [0, 0.1) is 0 Å². The third-order valence-corrected chi connectivity index (χ3v) is 5.03. The molecule has 146 valence electrons. The van der Waals surface area contributed by atoms with Crippen LogP contribution >= 0.6 is 0 Å². The summed E-state index contributed by atoms with van der Waals surface area (Å²) in [6.45, 7) is 6.68. The van der Waals surface area contributed by atoms with E-state index in [1.165, 1.54) is 30.8 Å². The summed E-state index contributed by atoms with van der Waals surface area (Å²) in [5.74, 6) is 0.686. The highest BCUT2D eigenvalue weighted by atomic mass is 19.4. The van der Waals surface area contributed by atoms with Gasteiger partial charge >= 0.3 is 6.18 Å². The molecule has 0 radical (unpaired) electrons. The Morgan fingerprint density at radius 1 is 1.31 bits per heavy atom. The summed E-state index contributed by atoms with van der Waals surface area (Å²) in [4.78, 5) is 9.16. The van der Waals surface area contributed by atoms with Gasteiger partial charge < -0.3 is 10.2 Å². The predicted molar refractivity (Wildman–Crippen MR) is 93.8 cm³/mol. The van der Waals surface area contributed by atoms with Crippen molar-refractivity contribution in [2.24, 2.45) is 12.0 Å². The Hall–Kier alpha value is -1.77. The first-order chi connectivity index (χ1) is 12.4. The standard InChI is InChI=1S/C17H27F3N6/c1-3-21-16(26-9-6-14(12-26)25-7-4-5-8-25)22-10-13-11-24(2)23-15(13)17(18,19)20/h11,14H,3-10,12H2,1-2H3,(H,21,22). The molecular formula is C17H27F3N6. The fraction of sp³-hybridized carbons (Fsp3) is 0.765. The van der Waals surface area contributed by atoms with Gasteiger partial charge in [-0.25, -0.2) is 4.99 Å². The summed E-state index contributed by atoms with van der Waals surface area (Å²) in [6.07, 6.45) is 0.523. The fourth-order valence-corrected chi connectivity index (χ4v) is 3.82. The Kier molecular flexibility index (Phi) is 5.74. The van der Waals surface area contributed by atoms with Gasteiger partial charge in [0.25, 0.3) is 0 Å². The minimum atomic E-state index is -4.46. The van der Waals surface area contributed by atoms with Crippen LogP contribution in [0.1, 0.15) is 37.4 Å². The maximum atomic E-state index is 13.1. The Morgan fingerprint density at radius 3 is 2.69 bits per heavy atom. The topological polar surface area (TPSA) is 48.7 Å². The monoisotopic (exact) mass is 372 g/mol. The van der Waals surface area contributed by atoms with E-state index in [-0.39, 0.29) is 12.1 Å². The maximum Gasteiger partial charge on any atom is 0.435 e. The average Bonchev–Trinajstić information content (AvgIpc) is 3.30. The number of aliphatic imine (C=N–C) groups is 1. The fourth-order valence-electron chi connectivity index (χ4n) is 3.82. The molecule has 0 aromatic carbocycles. The zero-order valence-corrected chi connectivity index (χ0v) is 15.4.